The Bertz CT molecular complexity index is 472. The third-order valence-corrected chi connectivity index (χ3v) is 5.04. The van der Waals surface area contributed by atoms with Gasteiger partial charge in [-0.15, -0.1) is 11.8 Å². The Morgan fingerprint density at radius 1 is 1.47 bits per heavy atom. The highest BCUT2D eigenvalue weighted by Crippen LogP contribution is 2.31. The zero-order valence-electron chi connectivity index (χ0n) is 11.1. The zero-order valence-corrected chi connectivity index (χ0v) is 12.7. The van der Waals surface area contributed by atoms with E-state index < -0.39 is 5.60 Å². The van der Waals surface area contributed by atoms with Crippen molar-refractivity contribution in [1.82, 2.24) is 4.90 Å². The predicted octanol–water partition coefficient (Wildman–Crippen LogP) is 2.66. The molecule has 2 rings (SSSR count). The van der Waals surface area contributed by atoms with Crippen LogP contribution >= 0.6 is 23.4 Å². The topological polar surface area (TPSA) is 40.5 Å². The van der Waals surface area contributed by atoms with E-state index in [9.17, 15) is 9.90 Å². The van der Waals surface area contributed by atoms with Crippen molar-refractivity contribution >= 4 is 29.3 Å². The van der Waals surface area contributed by atoms with Crippen molar-refractivity contribution in [3.63, 3.8) is 0 Å². The van der Waals surface area contributed by atoms with E-state index in [1.165, 1.54) is 11.8 Å². The second-order valence-corrected chi connectivity index (χ2v) is 6.65. The number of amides is 1. The molecule has 0 unspecified atom stereocenters. The summed E-state index contributed by atoms with van der Waals surface area (Å²) in [5.41, 5.74) is -0.704. The fraction of sp³-hybridized carbons (Fsp3) is 0.500. The van der Waals surface area contributed by atoms with E-state index in [0.29, 0.717) is 23.9 Å². The molecule has 19 heavy (non-hydrogen) atoms. The lowest BCUT2D eigenvalue weighted by molar-refractivity contribution is -0.161. The molecule has 0 saturated carbocycles. The molecule has 0 aliphatic carbocycles. The molecule has 0 atom stereocenters. The van der Waals surface area contributed by atoms with Crippen LogP contribution in [0.25, 0.3) is 0 Å². The summed E-state index contributed by atoms with van der Waals surface area (Å²) in [4.78, 5) is 14.6. The molecule has 1 fully saturated rings. The highest BCUT2D eigenvalue weighted by atomic mass is 35.5. The Morgan fingerprint density at radius 2 is 2.11 bits per heavy atom. The number of thioether (sulfide) groups is 1. The summed E-state index contributed by atoms with van der Waals surface area (Å²) in [7, 11) is 0. The second-order valence-electron chi connectivity index (χ2n) is 5.23. The van der Waals surface area contributed by atoms with Gasteiger partial charge in [-0.3, -0.25) is 4.79 Å². The van der Waals surface area contributed by atoms with E-state index in [4.69, 9.17) is 11.6 Å². The standard InChI is InChI=1S/C14H18ClNO2S/c1-10(2)14(18)8-16(9-14)13(17)7-19-12-6-4-3-5-11(12)15/h3-6,10,18H,7-9H2,1-2H3. The van der Waals surface area contributed by atoms with Gasteiger partial charge in [-0.05, 0) is 18.1 Å². The van der Waals surface area contributed by atoms with Gasteiger partial charge in [-0.25, -0.2) is 0 Å². The third kappa shape index (κ3) is 3.25. The van der Waals surface area contributed by atoms with E-state index in [1.807, 2.05) is 38.1 Å². The Hall–Kier alpha value is -0.710. The first-order valence-corrected chi connectivity index (χ1v) is 7.66. The van der Waals surface area contributed by atoms with Crippen LogP contribution in [0.5, 0.6) is 0 Å². The summed E-state index contributed by atoms with van der Waals surface area (Å²) in [6.07, 6.45) is 0. The number of rotatable bonds is 4. The molecular weight excluding hydrogens is 282 g/mol. The fourth-order valence-electron chi connectivity index (χ4n) is 1.95. The number of likely N-dealkylation sites (tertiary alicyclic amines) is 1. The molecule has 0 spiro atoms. The lowest BCUT2D eigenvalue weighted by Gasteiger charge is -2.49. The van der Waals surface area contributed by atoms with E-state index in [-0.39, 0.29) is 11.8 Å². The number of benzene rings is 1. The average molecular weight is 300 g/mol. The zero-order chi connectivity index (χ0) is 14.0. The number of hydrogen-bond acceptors (Lipinski definition) is 3. The smallest absolute Gasteiger partial charge is 0.233 e. The van der Waals surface area contributed by atoms with Crippen LogP contribution in [0.15, 0.2) is 29.2 Å². The highest BCUT2D eigenvalue weighted by molar-refractivity contribution is 8.00. The minimum absolute atomic E-state index is 0.0512. The Labute approximate surface area is 122 Å². The van der Waals surface area contributed by atoms with E-state index in [2.05, 4.69) is 0 Å². The molecule has 0 radical (unpaired) electrons. The predicted molar refractivity (Wildman–Crippen MR) is 78.5 cm³/mol. The van der Waals surface area contributed by atoms with Crippen LogP contribution in [0.1, 0.15) is 13.8 Å². The summed E-state index contributed by atoms with van der Waals surface area (Å²) in [6.45, 7) is 4.82. The first-order chi connectivity index (χ1) is 8.92. The van der Waals surface area contributed by atoms with Crippen LogP contribution in [-0.2, 0) is 4.79 Å². The second kappa shape index (κ2) is 5.73. The van der Waals surface area contributed by atoms with Crippen LogP contribution in [0, 0.1) is 5.92 Å². The summed E-state index contributed by atoms with van der Waals surface area (Å²) in [5.74, 6) is 0.584. The molecule has 1 aliphatic rings. The van der Waals surface area contributed by atoms with Crippen molar-refractivity contribution in [1.29, 1.82) is 0 Å². The van der Waals surface area contributed by atoms with Crippen LogP contribution in [0.3, 0.4) is 0 Å². The number of carbonyl (C=O) groups is 1. The summed E-state index contributed by atoms with van der Waals surface area (Å²) >= 11 is 7.47. The number of aliphatic hydroxyl groups is 1. The molecule has 3 nitrogen and oxygen atoms in total. The molecule has 1 aromatic carbocycles. The number of β-amino-alcohol motifs (C(OH)–C–C–N with tert-alkyl or cyclic N) is 1. The van der Waals surface area contributed by atoms with Gasteiger partial charge in [-0.2, -0.15) is 0 Å². The maximum atomic E-state index is 12.0. The molecule has 0 aromatic heterocycles. The van der Waals surface area contributed by atoms with Gasteiger partial charge in [0, 0.05) is 4.90 Å². The van der Waals surface area contributed by atoms with Crippen molar-refractivity contribution in [2.24, 2.45) is 5.92 Å². The minimum atomic E-state index is -0.704. The van der Waals surface area contributed by atoms with Gasteiger partial charge >= 0.3 is 0 Å². The van der Waals surface area contributed by atoms with Crippen LogP contribution in [0.4, 0.5) is 0 Å². The Morgan fingerprint density at radius 3 is 2.68 bits per heavy atom. The summed E-state index contributed by atoms with van der Waals surface area (Å²) in [6, 6.07) is 7.49. The van der Waals surface area contributed by atoms with Crippen molar-refractivity contribution in [2.75, 3.05) is 18.8 Å². The molecule has 5 heteroatoms. The van der Waals surface area contributed by atoms with Gasteiger partial charge in [0.15, 0.2) is 0 Å². The molecule has 1 amide bonds. The number of halogens is 1. The number of nitrogens with zero attached hydrogens (tertiary/aromatic N) is 1. The summed E-state index contributed by atoms with van der Waals surface area (Å²) in [5, 5.41) is 10.8. The molecule has 1 heterocycles. The average Bonchev–Trinajstić information content (AvgIpc) is 2.33. The van der Waals surface area contributed by atoms with Gasteiger partial charge < -0.3 is 10.0 Å². The fourth-order valence-corrected chi connectivity index (χ4v) is 3.09. The molecule has 1 aromatic rings. The maximum absolute atomic E-state index is 12.0. The van der Waals surface area contributed by atoms with Crippen molar-refractivity contribution in [3.8, 4) is 0 Å². The van der Waals surface area contributed by atoms with Gasteiger partial charge in [0.2, 0.25) is 5.91 Å². The van der Waals surface area contributed by atoms with Gasteiger partial charge in [-0.1, -0.05) is 37.6 Å². The largest absolute Gasteiger partial charge is 0.386 e. The molecule has 1 saturated heterocycles. The summed E-state index contributed by atoms with van der Waals surface area (Å²) < 4.78 is 0. The van der Waals surface area contributed by atoms with Crippen LogP contribution in [0.2, 0.25) is 5.02 Å². The van der Waals surface area contributed by atoms with E-state index in [0.717, 1.165) is 4.90 Å². The van der Waals surface area contributed by atoms with Gasteiger partial charge in [0.25, 0.3) is 0 Å². The highest BCUT2D eigenvalue weighted by Gasteiger charge is 2.45. The number of carbonyl (C=O) groups excluding carboxylic acids is 1. The van der Waals surface area contributed by atoms with Crippen molar-refractivity contribution in [3.05, 3.63) is 29.3 Å². The quantitative estimate of drug-likeness (QED) is 0.869. The molecular formula is C14H18ClNO2S. The molecule has 1 N–H and O–H groups in total. The number of hydrogen-bond donors (Lipinski definition) is 1. The molecule has 104 valence electrons. The lowest BCUT2D eigenvalue weighted by Crippen LogP contribution is -2.66. The van der Waals surface area contributed by atoms with Gasteiger partial charge in [0.1, 0.15) is 5.60 Å². The maximum Gasteiger partial charge on any atom is 0.233 e. The minimum Gasteiger partial charge on any atom is -0.386 e. The van der Waals surface area contributed by atoms with E-state index >= 15 is 0 Å². The molecule has 0 bridgehead atoms. The van der Waals surface area contributed by atoms with Crippen molar-refractivity contribution < 1.29 is 9.90 Å². The first kappa shape index (κ1) is 14.7. The van der Waals surface area contributed by atoms with E-state index in [1.54, 1.807) is 4.90 Å². The van der Waals surface area contributed by atoms with Crippen LogP contribution in [-0.4, -0.2) is 40.4 Å². The Kier molecular flexibility index (Phi) is 4.43. The van der Waals surface area contributed by atoms with Gasteiger partial charge in [0.05, 0.1) is 23.9 Å². The van der Waals surface area contributed by atoms with Crippen LogP contribution < -0.4 is 0 Å². The van der Waals surface area contributed by atoms with Crippen molar-refractivity contribution in [2.45, 2.75) is 24.3 Å². The normalized spacial score (nSPS) is 17.4. The monoisotopic (exact) mass is 299 g/mol. The lowest BCUT2D eigenvalue weighted by atomic mass is 9.83. The Balaban J connectivity index is 1.83. The first-order valence-electron chi connectivity index (χ1n) is 6.30. The molecule has 1 aliphatic heterocycles. The third-order valence-electron chi connectivity index (χ3n) is 3.54. The SMILES string of the molecule is CC(C)C1(O)CN(C(=O)CSc2ccccc2Cl)C1.